The number of nitrogens with zero attached hydrogens (tertiary/aromatic N) is 2. The van der Waals surface area contributed by atoms with Crippen LogP contribution in [0.3, 0.4) is 0 Å². The van der Waals surface area contributed by atoms with Gasteiger partial charge in [0, 0.05) is 28.3 Å². The van der Waals surface area contributed by atoms with Gasteiger partial charge in [0.1, 0.15) is 6.07 Å². The smallest absolute Gasteiger partial charge is 0.100 e. The van der Waals surface area contributed by atoms with E-state index in [1.54, 1.807) is 0 Å². The standard InChI is InChI=1S/C16H20BrN3/c1-20-14-3-2-4-15(20)8-13(7-14)19-12-6-5-11(10-18)16(17)9-12/h5-6,9,13-15,19H,2-4,7-8H2,1H3. The number of anilines is 1. The van der Waals surface area contributed by atoms with Gasteiger partial charge in [-0.1, -0.05) is 6.42 Å². The highest BCUT2D eigenvalue weighted by Crippen LogP contribution is 2.34. The van der Waals surface area contributed by atoms with Gasteiger partial charge >= 0.3 is 0 Å². The molecule has 20 heavy (non-hydrogen) atoms. The second kappa shape index (κ2) is 5.75. The summed E-state index contributed by atoms with van der Waals surface area (Å²) >= 11 is 3.46. The predicted octanol–water partition coefficient (Wildman–Crippen LogP) is 3.75. The molecular formula is C16H20BrN3. The zero-order valence-corrected chi connectivity index (χ0v) is 13.4. The summed E-state index contributed by atoms with van der Waals surface area (Å²) in [6.07, 6.45) is 6.51. The molecule has 1 aromatic carbocycles. The van der Waals surface area contributed by atoms with E-state index in [-0.39, 0.29) is 0 Å². The summed E-state index contributed by atoms with van der Waals surface area (Å²) in [5.41, 5.74) is 1.80. The van der Waals surface area contributed by atoms with Gasteiger partial charge in [-0.3, -0.25) is 0 Å². The van der Waals surface area contributed by atoms with Crippen LogP contribution in [0.5, 0.6) is 0 Å². The van der Waals surface area contributed by atoms with E-state index in [4.69, 9.17) is 5.26 Å². The first-order valence-corrected chi connectivity index (χ1v) is 8.15. The van der Waals surface area contributed by atoms with Crippen molar-refractivity contribution in [3.63, 3.8) is 0 Å². The van der Waals surface area contributed by atoms with Gasteiger partial charge in [0.05, 0.1) is 5.56 Å². The fraction of sp³-hybridized carbons (Fsp3) is 0.562. The third kappa shape index (κ3) is 2.70. The van der Waals surface area contributed by atoms with Crippen molar-refractivity contribution in [2.75, 3.05) is 12.4 Å². The Labute approximate surface area is 129 Å². The van der Waals surface area contributed by atoms with Crippen LogP contribution in [-0.2, 0) is 0 Å². The van der Waals surface area contributed by atoms with Crippen molar-refractivity contribution in [3.8, 4) is 6.07 Å². The van der Waals surface area contributed by atoms with Gasteiger partial charge in [-0.15, -0.1) is 0 Å². The van der Waals surface area contributed by atoms with E-state index in [1.807, 2.05) is 18.2 Å². The molecule has 2 aliphatic heterocycles. The molecule has 2 bridgehead atoms. The number of rotatable bonds is 2. The fourth-order valence-corrected chi connectivity index (χ4v) is 4.13. The molecule has 4 heteroatoms. The number of halogens is 1. The summed E-state index contributed by atoms with van der Waals surface area (Å²) in [5, 5.41) is 12.6. The SMILES string of the molecule is CN1C2CCCC1CC(Nc1ccc(C#N)c(Br)c1)C2. The predicted molar refractivity (Wildman–Crippen MR) is 84.7 cm³/mol. The monoisotopic (exact) mass is 333 g/mol. The highest BCUT2D eigenvalue weighted by atomic mass is 79.9. The maximum atomic E-state index is 8.96. The zero-order chi connectivity index (χ0) is 14.1. The van der Waals surface area contributed by atoms with Gasteiger partial charge in [-0.25, -0.2) is 0 Å². The van der Waals surface area contributed by atoms with Crippen LogP contribution in [0.15, 0.2) is 22.7 Å². The molecule has 2 heterocycles. The zero-order valence-electron chi connectivity index (χ0n) is 11.8. The second-order valence-corrected chi connectivity index (χ2v) is 6.88. The van der Waals surface area contributed by atoms with Crippen molar-refractivity contribution < 1.29 is 0 Å². The average molecular weight is 334 g/mol. The van der Waals surface area contributed by atoms with Gasteiger partial charge in [0.15, 0.2) is 0 Å². The molecular weight excluding hydrogens is 314 g/mol. The molecule has 2 saturated heterocycles. The molecule has 106 valence electrons. The van der Waals surface area contributed by atoms with Crippen LogP contribution in [0.1, 0.15) is 37.7 Å². The summed E-state index contributed by atoms with van der Waals surface area (Å²) in [6.45, 7) is 0. The number of fused-ring (bicyclic) bond motifs is 2. The molecule has 0 aliphatic carbocycles. The lowest BCUT2D eigenvalue weighted by atomic mass is 9.82. The summed E-state index contributed by atoms with van der Waals surface area (Å²) in [6, 6.07) is 10.1. The summed E-state index contributed by atoms with van der Waals surface area (Å²) in [5.74, 6) is 0. The molecule has 0 radical (unpaired) electrons. The highest BCUT2D eigenvalue weighted by molar-refractivity contribution is 9.10. The first-order valence-electron chi connectivity index (χ1n) is 7.35. The second-order valence-electron chi connectivity index (χ2n) is 6.02. The van der Waals surface area contributed by atoms with Crippen LogP contribution in [-0.4, -0.2) is 30.1 Å². The minimum absolute atomic E-state index is 0.557. The van der Waals surface area contributed by atoms with Crippen molar-refractivity contribution in [2.45, 2.75) is 50.2 Å². The van der Waals surface area contributed by atoms with Crippen molar-refractivity contribution in [2.24, 2.45) is 0 Å². The Morgan fingerprint density at radius 1 is 1.30 bits per heavy atom. The number of nitrogens with one attached hydrogen (secondary N) is 1. The van der Waals surface area contributed by atoms with Crippen LogP contribution >= 0.6 is 15.9 Å². The molecule has 2 aliphatic rings. The Bertz CT molecular complexity index is 523. The van der Waals surface area contributed by atoms with E-state index in [0.717, 1.165) is 22.2 Å². The van der Waals surface area contributed by atoms with E-state index in [9.17, 15) is 0 Å². The van der Waals surface area contributed by atoms with E-state index >= 15 is 0 Å². The van der Waals surface area contributed by atoms with Crippen LogP contribution in [0.2, 0.25) is 0 Å². The Morgan fingerprint density at radius 2 is 2.00 bits per heavy atom. The van der Waals surface area contributed by atoms with E-state index in [2.05, 4.69) is 39.3 Å². The Balaban J connectivity index is 1.70. The average Bonchev–Trinajstić information content (AvgIpc) is 2.40. The molecule has 0 amide bonds. The third-order valence-corrected chi connectivity index (χ3v) is 5.46. The van der Waals surface area contributed by atoms with Gasteiger partial charge in [-0.05, 0) is 66.9 Å². The lowest BCUT2D eigenvalue weighted by Crippen LogP contribution is -2.52. The maximum absolute atomic E-state index is 8.96. The molecule has 2 atom stereocenters. The van der Waals surface area contributed by atoms with E-state index in [1.165, 1.54) is 32.1 Å². The van der Waals surface area contributed by atoms with Gasteiger partial charge < -0.3 is 10.2 Å². The molecule has 0 saturated carbocycles. The van der Waals surface area contributed by atoms with Gasteiger partial charge in [-0.2, -0.15) is 5.26 Å². The van der Waals surface area contributed by atoms with Crippen molar-refractivity contribution in [1.82, 2.24) is 4.90 Å². The van der Waals surface area contributed by atoms with Gasteiger partial charge in [0.25, 0.3) is 0 Å². The van der Waals surface area contributed by atoms with Crippen LogP contribution in [0.4, 0.5) is 5.69 Å². The van der Waals surface area contributed by atoms with Crippen molar-refractivity contribution in [3.05, 3.63) is 28.2 Å². The topological polar surface area (TPSA) is 39.1 Å². The molecule has 0 spiro atoms. The van der Waals surface area contributed by atoms with Crippen LogP contribution in [0, 0.1) is 11.3 Å². The molecule has 0 aromatic heterocycles. The number of piperidine rings is 2. The third-order valence-electron chi connectivity index (χ3n) is 4.80. The quantitative estimate of drug-likeness (QED) is 0.895. The minimum atomic E-state index is 0.557. The molecule has 2 unspecified atom stereocenters. The van der Waals surface area contributed by atoms with E-state index < -0.39 is 0 Å². The highest BCUT2D eigenvalue weighted by Gasteiger charge is 2.35. The number of nitriles is 1. The fourth-order valence-electron chi connectivity index (χ4n) is 3.66. The minimum Gasteiger partial charge on any atom is -0.382 e. The molecule has 2 fully saturated rings. The van der Waals surface area contributed by atoms with Crippen molar-refractivity contribution >= 4 is 21.6 Å². The number of hydrogen-bond acceptors (Lipinski definition) is 3. The normalized spacial score (nSPS) is 29.8. The first kappa shape index (κ1) is 13.9. The summed E-state index contributed by atoms with van der Waals surface area (Å²) in [4.78, 5) is 2.58. The number of hydrogen-bond donors (Lipinski definition) is 1. The number of benzene rings is 1. The maximum Gasteiger partial charge on any atom is 0.100 e. The largest absolute Gasteiger partial charge is 0.382 e. The van der Waals surface area contributed by atoms with Crippen molar-refractivity contribution in [1.29, 1.82) is 5.26 Å². The van der Waals surface area contributed by atoms with Crippen LogP contribution < -0.4 is 5.32 Å². The Morgan fingerprint density at radius 3 is 2.60 bits per heavy atom. The van der Waals surface area contributed by atoms with E-state index in [0.29, 0.717) is 11.6 Å². The molecule has 3 rings (SSSR count). The molecule has 1 N–H and O–H groups in total. The van der Waals surface area contributed by atoms with Crippen LogP contribution in [0.25, 0.3) is 0 Å². The first-order chi connectivity index (χ1) is 9.67. The summed E-state index contributed by atoms with van der Waals surface area (Å²) in [7, 11) is 2.28. The molecule has 3 nitrogen and oxygen atoms in total. The van der Waals surface area contributed by atoms with Gasteiger partial charge in [0.2, 0.25) is 0 Å². The summed E-state index contributed by atoms with van der Waals surface area (Å²) < 4.78 is 0.873. The Kier molecular flexibility index (Phi) is 4.00. The lowest BCUT2D eigenvalue weighted by molar-refractivity contribution is 0.0608. The Hall–Kier alpha value is -1.05. The molecule has 1 aromatic rings. The lowest BCUT2D eigenvalue weighted by Gasteiger charge is -2.47.